The molecule has 2 aromatic carbocycles. The van der Waals surface area contributed by atoms with Crippen molar-refractivity contribution in [2.45, 2.75) is 32.4 Å². The zero-order chi connectivity index (χ0) is 22.3. The highest BCUT2D eigenvalue weighted by Crippen LogP contribution is 2.30. The minimum Gasteiger partial charge on any atom is -0.497 e. The van der Waals surface area contributed by atoms with Gasteiger partial charge in [-0.05, 0) is 73.7 Å². The zero-order valence-corrected chi connectivity index (χ0v) is 18.8. The van der Waals surface area contributed by atoms with Crippen LogP contribution in [0.4, 0.5) is 0 Å². The number of piperidine rings is 1. The summed E-state index contributed by atoms with van der Waals surface area (Å²) in [7, 11) is 1.70. The lowest BCUT2D eigenvalue weighted by molar-refractivity contribution is 0.0874. The lowest BCUT2D eigenvalue weighted by Crippen LogP contribution is -2.43. The largest absolute Gasteiger partial charge is 0.497 e. The van der Waals surface area contributed by atoms with Crippen LogP contribution in [-0.4, -0.2) is 36.0 Å². The third kappa shape index (κ3) is 5.35. The second kappa shape index (κ2) is 10.4. The molecule has 32 heavy (non-hydrogen) atoms. The van der Waals surface area contributed by atoms with E-state index in [1.54, 1.807) is 13.3 Å². The van der Waals surface area contributed by atoms with Gasteiger partial charge < -0.3 is 10.1 Å². The second-order valence-electron chi connectivity index (χ2n) is 8.51. The Morgan fingerprint density at radius 2 is 2.00 bits per heavy atom. The van der Waals surface area contributed by atoms with Gasteiger partial charge >= 0.3 is 0 Å². The van der Waals surface area contributed by atoms with Crippen molar-refractivity contribution >= 4 is 5.91 Å². The number of nitrogens with zero attached hydrogens (tertiary/aromatic N) is 2. The Kier molecular flexibility index (Phi) is 7.17. The van der Waals surface area contributed by atoms with E-state index in [9.17, 15) is 4.79 Å². The molecular formula is C27H31N3O2. The Bertz CT molecular complexity index is 1040. The van der Waals surface area contributed by atoms with Gasteiger partial charge in [-0.25, -0.2) is 0 Å². The van der Waals surface area contributed by atoms with Gasteiger partial charge in [-0.1, -0.05) is 36.4 Å². The van der Waals surface area contributed by atoms with Crippen LogP contribution in [0, 0.1) is 12.8 Å². The number of hydrogen-bond acceptors (Lipinski definition) is 4. The number of hydrogen-bond donors (Lipinski definition) is 1. The molecule has 1 fully saturated rings. The number of benzene rings is 2. The van der Waals surface area contributed by atoms with E-state index < -0.39 is 0 Å². The predicted molar refractivity (Wildman–Crippen MR) is 127 cm³/mol. The maximum Gasteiger partial charge on any atom is 0.252 e. The molecule has 1 aliphatic heterocycles. The Hall–Kier alpha value is -3.18. The number of carbonyl (C=O) groups is 1. The molecule has 4 rings (SSSR count). The first kappa shape index (κ1) is 22.0. The lowest BCUT2D eigenvalue weighted by Gasteiger charge is -2.37. The van der Waals surface area contributed by atoms with Crippen molar-refractivity contribution in [1.82, 2.24) is 15.2 Å². The molecule has 1 aliphatic rings. The summed E-state index contributed by atoms with van der Waals surface area (Å²) in [4.78, 5) is 20.2. The summed E-state index contributed by atoms with van der Waals surface area (Å²) < 4.78 is 5.38. The average Bonchev–Trinajstić information content (AvgIpc) is 2.83. The van der Waals surface area contributed by atoms with E-state index in [-0.39, 0.29) is 17.9 Å². The third-order valence-electron chi connectivity index (χ3n) is 6.24. The van der Waals surface area contributed by atoms with Gasteiger partial charge in [0.15, 0.2) is 0 Å². The molecule has 5 nitrogen and oxygen atoms in total. The van der Waals surface area contributed by atoms with Crippen LogP contribution in [0.3, 0.4) is 0 Å². The number of likely N-dealkylation sites (tertiary alicyclic amines) is 1. The van der Waals surface area contributed by atoms with Crippen LogP contribution in [0.15, 0.2) is 72.9 Å². The van der Waals surface area contributed by atoms with E-state index in [2.05, 4.69) is 27.3 Å². The Morgan fingerprint density at radius 3 is 2.78 bits per heavy atom. The molecular weight excluding hydrogens is 398 g/mol. The standard InChI is InChI=1S/C27H31N3O2/c1-20-9-3-4-13-24(20)27(31)29-26(25-14-5-6-15-28-25)22-11-8-16-30(19-22)18-21-10-7-12-23(17-21)32-2/h3-7,9-10,12-15,17,22,26H,8,11,16,18-19H2,1-2H3,(H,29,31). The van der Waals surface area contributed by atoms with Crippen molar-refractivity contribution < 1.29 is 9.53 Å². The number of nitrogens with one attached hydrogen (secondary N) is 1. The van der Waals surface area contributed by atoms with E-state index in [0.717, 1.165) is 55.0 Å². The first-order valence-electron chi connectivity index (χ1n) is 11.3. The van der Waals surface area contributed by atoms with Crippen LogP contribution in [0.25, 0.3) is 0 Å². The highest BCUT2D eigenvalue weighted by atomic mass is 16.5. The number of rotatable bonds is 7. The van der Waals surface area contributed by atoms with Gasteiger partial charge in [0.05, 0.1) is 18.8 Å². The zero-order valence-electron chi connectivity index (χ0n) is 18.8. The number of carbonyl (C=O) groups excluding carboxylic acids is 1. The number of methoxy groups -OCH3 is 1. The minimum atomic E-state index is -0.128. The Morgan fingerprint density at radius 1 is 1.16 bits per heavy atom. The summed E-state index contributed by atoms with van der Waals surface area (Å²) in [6.07, 6.45) is 3.96. The lowest BCUT2D eigenvalue weighted by atomic mass is 9.88. The van der Waals surface area contributed by atoms with E-state index >= 15 is 0 Å². The molecule has 166 valence electrons. The number of aromatic nitrogens is 1. The van der Waals surface area contributed by atoms with Crippen molar-refractivity contribution in [1.29, 1.82) is 0 Å². The quantitative estimate of drug-likeness (QED) is 0.587. The number of ether oxygens (including phenoxy) is 1. The van der Waals surface area contributed by atoms with Crippen LogP contribution in [0.2, 0.25) is 0 Å². The van der Waals surface area contributed by atoms with Crippen LogP contribution in [0.1, 0.15) is 46.1 Å². The molecule has 1 N–H and O–H groups in total. The fraction of sp³-hybridized carbons (Fsp3) is 0.333. The average molecular weight is 430 g/mol. The summed E-state index contributed by atoms with van der Waals surface area (Å²) in [6, 6.07) is 21.8. The van der Waals surface area contributed by atoms with Gasteiger partial charge in [0.2, 0.25) is 0 Å². The molecule has 1 aromatic heterocycles. The summed E-state index contributed by atoms with van der Waals surface area (Å²) in [6.45, 7) is 4.80. The maximum absolute atomic E-state index is 13.2. The Labute approximate surface area is 190 Å². The molecule has 2 heterocycles. The van der Waals surface area contributed by atoms with Crippen molar-refractivity contribution in [2.75, 3.05) is 20.2 Å². The molecule has 2 unspecified atom stereocenters. The molecule has 0 radical (unpaired) electrons. The molecule has 5 heteroatoms. The predicted octanol–water partition coefficient (Wildman–Crippen LogP) is 4.78. The molecule has 0 saturated carbocycles. The molecule has 0 aliphatic carbocycles. The van der Waals surface area contributed by atoms with E-state index in [1.165, 1.54) is 5.56 Å². The smallest absolute Gasteiger partial charge is 0.252 e. The van der Waals surface area contributed by atoms with Crippen molar-refractivity contribution in [2.24, 2.45) is 5.92 Å². The van der Waals surface area contributed by atoms with Crippen molar-refractivity contribution in [3.63, 3.8) is 0 Å². The summed E-state index contributed by atoms with van der Waals surface area (Å²) >= 11 is 0. The summed E-state index contributed by atoms with van der Waals surface area (Å²) in [5.74, 6) is 1.13. The fourth-order valence-corrected chi connectivity index (χ4v) is 4.58. The molecule has 0 spiro atoms. The number of pyridine rings is 1. The van der Waals surface area contributed by atoms with Crippen LogP contribution in [-0.2, 0) is 6.54 Å². The van der Waals surface area contributed by atoms with Gasteiger partial charge in [-0.15, -0.1) is 0 Å². The van der Waals surface area contributed by atoms with Gasteiger partial charge in [-0.2, -0.15) is 0 Å². The van der Waals surface area contributed by atoms with Crippen molar-refractivity contribution in [3.8, 4) is 5.75 Å². The fourth-order valence-electron chi connectivity index (χ4n) is 4.58. The Balaban J connectivity index is 1.53. The molecule has 0 bridgehead atoms. The van der Waals surface area contributed by atoms with Crippen LogP contribution in [0.5, 0.6) is 5.75 Å². The van der Waals surface area contributed by atoms with Gasteiger partial charge in [0.25, 0.3) is 5.91 Å². The first-order chi connectivity index (χ1) is 15.6. The van der Waals surface area contributed by atoms with E-state index in [0.29, 0.717) is 0 Å². The monoisotopic (exact) mass is 429 g/mol. The molecule has 3 aromatic rings. The van der Waals surface area contributed by atoms with Crippen molar-refractivity contribution in [3.05, 3.63) is 95.3 Å². The van der Waals surface area contributed by atoms with E-state index in [1.807, 2.05) is 61.5 Å². The van der Waals surface area contributed by atoms with Crippen LogP contribution < -0.4 is 10.1 Å². The summed E-state index contributed by atoms with van der Waals surface area (Å²) in [5.41, 5.74) is 3.86. The molecule has 2 atom stereocenters. The van der Waals surface area contributed by atoms with E-state index in [4.69, 9.17) is 4.74 Å². The first-order valence-corrected chi connectivity index (χ1v) is 11.3. The van der Waals surface area contributed by atoms with Gasteiger partial charge in [0.1, 0.15) is 5.75 Å². The highest BCUT2D eigenvalue weighted by Gasteiger charge is 2.31. The SMILES string of the molecule is COc1cccc(CN2CCCC(C(NC(=O)c3ccccc3C)c3ccccn3)C2)c1. The molecule has 1 amide bonds. The third-order valence-corrected chi connectivity index (χ3v) is 6.24. The molecule has 1 saturated heterocycles. The number of aryl methyl sites for hydroxylation is 1. The minimum absolute atomic E-state index is 0.0383. The topological polar surface area (TPSA) is 54.5 Å². The summed E-state index contributed by atoms with van der Waals surface area (Å²) in [5, 5.41) is 3.31. The normalized spacial score (nSPS) is 17.5. The van der Waals surface area contributed by atoms with Gasteiger partial charge in [-0.3, -0.25) is 14.7 Å². The second-order valence-corrected chi connectivity index (χ2v) is 8.51. The number of amides is 1. The van der Waals surface area contributed by atoms with Gasteiger partial charge in [0, 0.05) is 24.8 Å². The highest BCUT2D eigenvalue weighted by molar-refractivity contribution is 5.95. The maximum atomic E-state index is 13.2. The van der Waals surface area contributed by atoms with Crippen LogP contribution >= 0.6 is 0 Å².